The van der Waals surface area contributed by atoms with Gasteiger partial charge in [0.05, 0.1) is 17.6 Å². The van der Waals surface area contributed by atoms with Crippen LogP contribution in [-0.2, 0) is 6.54 Å². The van der Waals surface area contributed by atoms with E-state index in [0.717, 1.165) is 41.1 Å². The molecule has 4 nitrogen and oxygen atoms in total. The molecule has 4 heteroatoms. The van der Waals surface area contributed by atoms with Crippen LogP contribution in [0, 0.1) is 27.7 Å². The Morgan fingerprint density at radius 2 is 1.77 bits per heavy atom. The van der Waals surface area contributed by atoms with Gasteiger partial charge < -0.3 is 14.4 Å². The number of hydrogen-bond donors (Lipinski definition) is 1. The molecule has 0 spiro atoms. The van der Waals surface area contributed by atoms with E-state index in [1.165, 1.54) is 16.7 Å². The van der Waals surface area contributed by atoms with Gasteiger partial charge in [-0.05, 0) is 81.5 Å². The van der Waals surface area contributed by atoms with Crippen LogP contribution in [0.2, 0.25) is 0 Å². The molecule has 1 aromatic heterocycles. The lowest BCUT2D eigenvalue weighted by Crippen LogP contribution is -2.10. The molecule has 0 bridgehead atoms. The van der Waals surface area contributed by atoms with Gasteiger partial charge in [-0.25, -0.2) is 4.98 Å². The molecular weight excluding hydrogens is 324 g/mol. The minimum Gasteiger partial charge on any atom is -0.493 e. The maximum atomic E-state index is 10.1. The zero-order valence-corrected chi connectivity index (χ0v) is 16.3. The van der Waals surface area contributed by atoms with Gasteiger partial charge in [0.25, 0.3) is 0 Å². The second kappa shape index (κ2) is 7.50. The van der Waals surface area contributed by atoms with Gasteiger partial charge in [-0.1, -0.05) is 12.1 Å². The number of benzene rings is 2. The fourth-order valence-corrected chi connectivity index (χ4v) is 3.22. The van der Waals surface area contributed by atoms with E-state index in [9.17, 15) is 5.11 Å². The number of nitrogens with zero attached hydrogens (tertiary/aromatic N) is 2. The zero-order valence-electron chi connectivity index (χ0n) is 16.3. The van der Waals surface area contributed by atoms with Crippen LogP contribution in [0.3, 0.4) is 0 Å². The molecule has 0 aliphatic carbocycles. The SMILES string of the molecule is Cc1ccc(C)c(OCCCn2c(C(C)O)nc3cc(C)c(C)cc32)c1. The number of imidazole rings is 1. The van der Waals surface area contributed by atoms with Crippen LogP contribution in [0.25, 0.3) is 11.0 Å². The number of aryl methyl sites for hydroxylation is 5. The third kappa shape index (κ3) is 3.75. The van der Waals surface area contributed by atoms with Crippen molar-refractivity contribution in [3.63, 3.8) is 0 Å². The summed E-state index contributed by atoms with van der Waals surface area (Å²) in [5.41, 5.74) is 6.84. The van der Waals surface area contributed by atoms with Crippen LogP contribution in [-0.4, -0.2) is 21.3 Å². The predicted octanol–water partition coefficient (Wildman–Crippen LogP) is 4.79. The van der Waals surface area contributed by atoms with Crippen molar-refractivity contribution in [1.29, 1.82) is 0 Å². The number of hydrogen-bond acceptors (Lipinski definition) is 3. The van der Waals surface area contributed by atoms with Gasteiger partial charge in [-0.2, -0.15) is 0 Å². The van der Waals surface area contributed by atoms with Crippen molar-refractivity contribution in [2.75, 3.05) is 6.61 Å². The van der Waals surface area contributed by atoms with E-state index in [-0.39, 0.29) is 0 Å². The van der Waals surface area contributed by atoms with Crippen LogP contribution in [0.1, 0.15) is 47.5 Å². The Morgan fingerprint density at radius 3 is 2.50 bits per heavy atom. The smallest absolute Gasteiger partial charge is 0.138 e. The lowest BCUT2D eigenvalue weighted by molar-refractivity contribution is 0.183. The van der Waals surface area contributed by atoms with Gasteiger partial charge in [0.2, 0.25) is 0 Å². The largest absolute Gasteiger partial charge is 0.493 e. The van der Waals surface area contributed by atoms with Gasteiger partial charge in [-0.15, -0.1) is 0 Å². The number of aliphatic hydroxyl groups excluding tert-OH is 1. The van der Waals surface area contributed by atoms with Gasteiger partial charge in [0.15, 0.2) is 0 Å². The molecule has 1 atom stereocenters. The molecule has 0 aliphatic rings. The summed E-state index contributed by atoms with van der Waals surface area (Å²) in [6, 6.07) is 10.5. The van der Waals surface area contributed by atoms with E-state index in [2.05, 4.69) is 67.6 Å². The summed E-state index contributed by atoms with van der Waals surface area (Å²) < 4.78 is 8.10. The summed E-state index contributed by atoms with van der Waals surface area (Å²) in [6.07, 6.45) is 0.258. The summed E-state index contributed by atoms with van der Waals surface area (Å²) in [6.45, 7) is 11.5. The third-order valence-electron chi connectivity index (χ3n) is 4.89. The Balaban J connectivity index is 1.76. The van der Waals surface area contributed by atoms with Gasteiger partial charge >= 0.3 is 0 Å². The van der Waals surface area contributed by atoms with E-state index in [4.69, 9.17) is 4.74 Å². The first-order chi connectivity index (χ1) is 12.4. The number of aromatic nitrogens is 2. The standard InChI is InChI=1S/C22H28N2O2/c1-14-7-8-15(2)21(11-14)26-10-6-9-24-20-13-17(4)16(3)12-19(20)23-22(24)18(5)25/h7-8,11-13,18,25H,6,9-10H2,1-5H3. The van der Waals surface area contributed by atoms with E-state index in [1.807, 2.05) is 0 Å². The molecular formula is C22H28N2O2. The van der Waals surface area contributed by atoms with Crippen molar-refractivity contribution in [2.45, 2.75) is 53.7 Å². The molecule has 0 aliphatic heterocycles. The normalized spacial score (nSPS) is 12.5. The Morgan fingerprint density at radius 1 is 1.04 bits per heavy atom. The average Bonchev–Trinajstić information content (AvgIpc) is 2.93. The topological polar surface area (TPSA) is 47.3 Å². The molecule has 26 heavy (non-hydrogen) atoms. The molecule has 0 amide bonds. The van der Waals surface area contributed by atoms with Crippen molar-refractivity contribution in [2.24, 2.45) is 0 Å². The Hall–Kier alpha value is -2.33. The zero-order chi connectivity index (χ0) is 18.8. The van der Waals surface area contributed by atoms with Crippen LogP contribution in [0.5, 0.6) is 5.75 Å². The average molecular weight is 352 g/mol. The molecule has 2 aromatic carbocycles. The highest BCUT2D eigenvalue weighted by molar-refractivity contribution is 5.78. The highest BCUT2D eigenvalue weighted by Gasteiger charge is 2.15. The summed E-state index contributed by atoms with van der Waals surface area (Å²) >= 11 is 0. The first kappa shape index (κ1) is 18.5. The van der Waals surface area contributed by atoms with Crippen molar-refractivity contribution < 1.29 is 9.84 Å². The van der Waals surface area contributed by atoms with Crippen molar-refractivity contribution in [3.8, 4) is 5.75 Å². The lowest BCUT2D eigenvalue weighted by Gasteiger charge is -2.13. The number of fused-ring (bicyclic) bond motifs is 1. The molecule has 0 radical (unpaired) electrons. The first-order valence-corrected chi connectivity index (χ1v) is 9.22. The van der Waals surface area contributed by atoms with Crippen LogP contribution >= 0.6 is 0 Å². The molecule has 1 unspecified atom stereocenters. The Bertz CT molecular complexity index is 926. The van der Waals surface area contributed by atoms with E-state index in [0.29, 0.717) is 6.61 Å². The lowest BCUT2D eigenvalue weighted by atomic mass is 10.1. The second-order valence-corrected chi connectivity index (χ2v) is 7.19. The fraction of sp³-hybridized carbons (Fsp3) is 0.409. The minimum atomic E-state index is -0.594. The summed E-state index contributed by atoms with van der Waals surface area (Å²) in [5.74, 6) is 1.67. The summed E-state index contributed by atoms with van der Waals surface area (Å²) in [5, 5.41) is 10.1. The Labute approximate surface area is 155 Å². The molecule has 0 saturated heterocycles. The third-order valence-corrected chi connectivity index (χ3v) is 4.89. The first-order valence-electron chi connectivity index (χ1n) is 9.22. The molecule has 1 heterocycles. The highest BCUT2D eigenvalue weighted by atomic mass is 16.5. The summed E-state index contributed by atoms with van der Waals surface area (Å²) in [7, 11) is 0. The van der Waals surface area contributed by atoms with Gasteiger partial charge in [0, 0.05) is 6.54 Å². The van der Waals surface area contributed by atoms with Gasteiger partial charge in [-0.3, -0.25) is 0 Å². The maximum absolute atomic E-state index is 10.1. The molecule has 1 N–H and O–H groups in total. The molecule has 3 aromatic rings. The molecule has 0 fully saturated rings. The second-order valence-electron chi connectivity index (χ2n) is 7.19. The Kier molecular flexibility index (Phi) is 5.33. The number of rotatable bonds is 6. The maximum Gasteiger partial charge on any atom is 0.138 e. The van der Waals surface area contributed by atoms with E-state index >= 15 is 0 Å². The van der Waals surface area contributed by atoms with Gasteiger partial charge in [0.1, 0.15) is 17.7 Å². The quantitative estimate of drug-likeness (QED) is 0.649. The van der Waals surface area contributed by atoms with E-state index in [1.54, 1.807) is 6.92 Å². The molecule has 0 saturated carbocycles. The van der Waals surface area contributed by atoms with Crippen molar-refractivity contribution in [3.05, 3.63) is 58.4 Å². The summed E-state index contributed by atoms with van der Waals surface area (Å²) in [4.78, 5) is 4.65. The number of ether oxygens (including phenoxy) is 1. The minimum absolute atomic E-state index is 0.594. The number of aliphatic hydroxyl groups is 1. The van der Waals surface area contributed by atoms with Crippen molar-refractivity contribution in [1.82, 2.24) is 9.55 Å². The van der Waals surface area contributed by atoms with Crippen molar-refractivity contribution >= 4 is 11.0 Å². The van der Waals surface area contributed by atoms with Crippen LogP contribution < -0.4 is 4.74 Å². The highest BCUT2D eigenvalue weighted by Crippen LogP contribution is 2.25. The fourth-order valence-electron chi connectivity index (χ4n) is 3.22. The van der Waals surface area contributed by atoms with Crippen LogP contribution in [0.4, 0.5) is 0 Å². The molecule has 3 rings (SSSR count). The monoisotopic (exact) mass is 352 g/mol. The molecule has 138 valence electrons. The van der Waals surface area contributed by atoms with E-state index < -0.39 is 6.10 Å². The van der Waals surface area contributed by atoms with Crippen LogP contribution in [0.15, 0.2) is 30.3 Å². The predicted molar refractivity (Wildman–Crippen MR) is 106 cm³/mol.